The Labute approximate surface area is 179 Å². The lowest BCUT2D eigenvalue weighted by molar-refractivity contribution is 0.0594. The highest BCUT2D eigenvalue weighted by Crippen LogP contribution is 2.36. The molecule has 3 aromatic rings. The van der Waals surface area contributed by atoms with Gasteiger partial charge in [-0.25, -0.2) is 0 Å². The summed E-state index contributed by atoms with van der Waals surface area (Å²) in [7, 11) is 0. The molecule has 2 bridgehead atoms. The van der Waals surface area contributed by atoms with Gasteiger partial charge in [0.15, 0.2) is 0 Å². The van der Waals surface area contributed by atoms with Gasteiger partial charge in [-0.05, 0) is 48.7 Å². The van der Waals surface area contributed by atoms with Crippen molar-refractivity contribution in [1.29, 1.82) is 0 Å². The Bertz CT molecular complexity index is 1190. The van der Waals surface area contributed by atoms with E-state index in [1.54, 1.807) is 22.8 Å². The molecule has 2 aliphatic rings. The van der Waals surface area contributed by atoms with Gasteiger partial charge in [0, 0.05) is 54.8 Å². The highest BCUT2D eigenvalue weighted by Gasteiger charge is 2.37. The van der Waals surface area contributed by atoms with Crippen LogP contribution < -0.4 is 10.9 Å². The molecule has 1 fully saturated rings. The molecule has 156 valence electrons. The van der Waals surface area contributed by atoms with Gasteiger partial charge in [0.2, 0.25) is 0 Å². The average Bonchev–Trinajstić information content (AvgIpc) is 2.81. The Kier molecular flexibility index (Phi) is 4.86. The van der Waals surface area contributed by atoms with Crippen LogP contribution in [0.4, 0.5) is 5.69 Å². The highest BCUT2D eigenvalue weighted by molar-refractivity contribution is 6.04. The largest absolute Gasteiger partial charge is 0.338 e. The first kappa shape index (κ1) is 19.2. The van der Waals surface area contributed by atoms with Crippen molar-refractivity contribution in [2.45, 2.75) is 18.9 Å². The van der Waals surface area contributed by atoms with E-state index in [2.05, 4.69) is 10.3 Å². The molecule has 2 amide bonds. The van der Waals surface area contributed by atoms with Crippen molar-refractivity contribution in [2.24, 2.45) is 5.92 Å². The summed E-state index contributed by atoms with van der Waals surface area (Å²) < 4.78 is 1.77. The lowest BCUT2D eigenvalue weighted by Gasteiger charge is -2.43. The van der Waals surface area contributed by atoms with E-state index in [1.807, 2.05) is 41.3 Å². The Morgan fingerprint density at radius 2 is 1.68 bits per heavy atom. The second-order valence-corrected chi connectivity index (χ2v) is 8.15. The highest BCUT2D eigenvalue weighted by atomic mass is 16.2. The predicted octanol–water partition coefficient (Wildman–Crippen LogP) is 2.76. The summed E-state index contributed by atoms with van der Waals surface area (Å²) >= 11 is 0. The summed E-state index contributed by atoms with van der Waals surface area (Å²) in [6.45, 7) is 1.76. The van der Waals surface area contributed by atoms with Crippen molar-refractivity contribution in [3.63, 3.8) is 0 Å². The normalized spacial score (nSPS) is 19.4. The number of carbonyl (C=O) groups excluding carboxylic acids is 2. The van der Waals surface area contributed by atoms with Crippen molar-refractivity contribution in [3.05, 3.63) is 94.2 Å². The SMILES string of the molecule is O=C(Nc1ccc2n(c1=O)CC1CC2CN(C(=O)c2ccccc2)C1)c1ccncc1. The van der Waals surface area contributed by atoms with Crippen LogP contribution in [0.1, 0.15) is 38.7 Å². The van der Waals surface area contributed by atoms with Gasteiger partial charge in [-0.3, -0.25) is 19.4 Å². The topological polar surface area (TPSA) is 84.3 Å². The standard InChI is InChI=1S/C24H22N4O3/c29-22(17-8-10-25-11-9-17)26-20-6-7-21-19-12-16(14-28(21)24(20)31)13-27(15-19)23(30)18-4-2-1-3-5-18/h1-11,16,19H,12-15H2,(H,26,29). The maximum absolute atomic E-state index is 13.1. The van der Waals surface area contributed by atoms with Crippen molar-refractivity contribution in [1.82, 2.24) is 14.5 Å². The molecule has 2 unspecified atom stereocenters. The minimum absolute atomic E-state index is 0.0346. The van der Waals surface area contributed by atoms with Crippen molar-refractivity contribution in [3.8, 4) is 0 Å². The van der Waals surface area contributed by atoms with E-state index in [0.717, 1.165) is 12.1 Å². The molecule has 2 aromatic heterocycles. The first-order valence-corrected chi connectivity index (χ1v) is 10.4. The summed E-state index contributed by atoms with van der Waals surface area (Å²) in [4.78, 5) is 44.3. The van der Waals surface area contributed by atoms with Crippen molar-refractivity contribution >= 4 is 17.5 Å². The van der Waals surface area contributed by atoms with E-state index in [9.17, 15) is 14.4 Å². The maximum Gasteiger partial charge on any atom is 0.274 e. The molecule has 2 atom stereocenters. The second-order valence-electron chi connectivity index (χ2n) is 8.15. The van der Waals surface area contributed by atoms with Gasteiger partial charge in [-0.15, -0.1) is 0 Å². The number of hydrogen-bond donors (Lipinski definition) is 1. The van der Waals surface area contributed by atoms with E-state index in [4.69, 9.17) is 0 Å². The second kappa shape index (κ2) is 7.83. The van der Waals surface area contributed by atoms with E-state index in [0.29, 0.717) is 30.8 Å². The molecule has 7 nitrogen and oxygen atoms in total. The first-order chi connectivity index (χ1) is 15.1. The van der Waals surface area contributed by atoms with Gasteiger partial charge >= 0.3 is 0 Å². The van der Waals surface area contributed by atoms with Crippen LogP contribution in [0.25, 0.3) is 0 Å². The fourth-order valence-electron chi connectivity index (χ4n) is 4.67. The van der Waals surface area contributed by atoms with Crippen LogP contribution in [0.5, 0.6) is 0 Å². The Morgan fingerprint density at radius 3 is 2.45 bits per heavy atom. The number of piperidine rings is 1. The molecular formula is C24H22N4O3. The van der Waals surface area contributed by atoms with Gasteiger partial charge in [-0.1, -0.05) is 18.2 Å². The van der Waals surface area contributed by atoms with E-state index >= 15 is 0 Å². The third-order valence-corrected chi connectivity index (χ3v) is 6.10. The minimum atomic E-state index is -0.337. The number of hydrogen-bond acceptors (Lipinski definition) is 4. The third-order valence-electron chi connectivity index (χ3n) is 6.10. The quantitative estimate of drug-likeness (QED) is 0.714. The number of likely N-dealkylation sites (tertiary alicyclic amines) is 1. The molecule has 1 saturated heterocycles. The molecule has 1 aromatic carbocycles. The Hall–Kier alpha value is -3.74. The molecule has 0 radical (unpaired) electrons. The third kappa shape index (κ3) is 3.63. The monoisotopic (exact) mass is 414 g/mol. The zero-order valence-electron chi connectivity index (χ0n) is 16.9. The van der Waals surface area contributed by atoms with Crippen molar-refractivity contribution in [2.75, 3.05) is 18.4 Å². The summed E-state index contributed by atoms with van der Waals surface area (Å²) in [6, 6.07) is 16.1. The number of nitrogens with zero attached hydrogens (tertiary/aromatic N) is 3. The van der Waals surface area contributed by atoms with Crippen LogP contribution in [0.3, 0.4) is 0 Å². The minimum Gasteiger partial charge on any atom is -0.338 e. The lowest BCUT2D eigenvalue weighted by atomic mass is 9.83. The van der Waals surface area contributed by atoms with Crippen LogP contribution in [0, 0.1) is 5.92 Å². The fraction of sp³-hybridized carbons (Fsp3) is 0.250. The molecule has 0 spiro atoms. The molecular weight excluding hydrogens is 392 g/mol. The zero-order valence-corrected chi connectivity index (χ0v) is 16.9. The van der Waals surface area contributed by atoms with Gasteiger partial charge in [0.05, 0.1) is 0 Å². The number of nitrogens with one attached hydrogen (secondary N) is 1. The number of amides is 2. The fourth-order valence-corrected chi connectivity index (χ4v) is 4.67. The zero-order chi connectivity index (χ0) is 21.4. The van der Waals surface area contributed by atoms with Gasteiger partial charge < -0.3 is 14.8 Å². The lowest BCUT2D eigenvalue weighted by Crippen LogP contribution is -2.49. The molecule has 31 heavy (non-hydrogen) atoms. The van der Waals surface area contributed by atoms with Crippen LogP contribution >= 0.6 is 0 Å². The number of anilines is 1. The smallest absolute Gasteiger partial charge is 0.274 e. The summed E-state index contributed by atoms with van der Waals surface area (Å²) in [5.41, 5.74) is 2.13. The number of pyridine rings is 2. The number of carbonyl (C=O) groups is 2. The van der Waals surface area contributed by atoms with Crippen LogP contribution in [-0.2, 0) is 6.54 Å². The van der Waals surface area contributed by atoms with Crippen molar-refractivity contribution < 1.29 is 9.59 Å². The number of fused-ring (bicyclic) bond motifs is 4. The molecule has 1 N–H and O–H groups in total. The number of benzene rings is 1. The Morgan fingerprint density at radius 1 is 0.903 bits per heavy atom. The van der Waals surface area contributed by atoms with Crippen LogP contribution in [0.2, 0.25) is 0 Å². The first-order valence-electron chi connectivity index (χ1n) is 10.4. The van der Waals surface area contributed by atoms with Gasteiger partial charge in [0.1, 0.15) is 5.69 Å². The molecule has 7 heteroatoms. The summed E-state index contributed by atoms with van der Waals surface area (Å²) in [5.74, 6) is 0.0172. The van der Waals surface area contributed by atoms with Crippen LogP contribution in [-0.4, -0.2) is 39.4 Å². The van der Waals surface area contributed by atoms with Crippen LogP contribution in [0.15, 0.2) is 71.8 Å². The Balaban J connectivity index is 1.39. The molecule has 5 rings (SSSR count). The molecule has 0 saturated carbocycles. The summed E-state index contributed by atoms with van der Waals surface area (Å²) in [5, 5.41) is 2.73. The summed E-state index contributed by atoms with van der Waals surface area (Å²) in [6.07, 6.45) is 4.04. The van der Waals surface area contributed by atoms with E-state index in [-0.39, 0.29) is 34.9 Å². The molecule has 4 heterocycles. The van der Waals surface area contributed by atoms with Gasteiger partial charge in [0.25, 0.3) is 17.4 Å². The number of rotatable bonds is 3. The average molecular weight is 414 g/mol. The molecule has 2 aliphatic heterocycles. The molecule has 0 aliphatic carbocycles. The number of aromatic nitrogens is 2. The van der Waals surface area contributed by atoms with E-state index in [1.165, 1.54) is 12.4 Å². The predicted molar refractivity (Wildman–Crippen MR) is 116 cm³/mol. The van der Waals surface area contributed by atoms with Gasteiger partial charge in [-0.2, -0.15) is 0 Å². The maximum atomic E-state index is 13.1. The van der Waals surface area contributed by atoms with E-state index < -0.39 is 0 Å².